The Kier molecular flexibility index (Phi) is 15.5. The Morgan fingerprint density at radius 1 is 0.927 bits per heavy atom. The maximum Gasteiger partial charge on any atom is 0.414 e. The van der Waals surface area contributed by atoms with E-state index in [4.69, 9.17) is 14.2 Å². The molecule has 17 heteroatoms. The number of carbonyl (C=O) groups is 4. The van der Waals surface area contributed by atoms with Crippen LogP contribution in [0.5, 0.6) is 0 Å². The first-order valence-corrected chi connectivity index (χ1v) is 20.0. The highest BCUT2D eigenvalue weighted by atomic mass is 32.2. The van der Waals surface area contributed by atoms with Crippen molar-refractivity contribution in [2.24, 2.45) is 4.99 Å². The highest BCUT2D eigenvalue weighted by Crippen LogP contribution is 2.40. The van der Waals surface area contributed by atoms with E-state index in [9.17, 15) is 27.6 Å². The van der Waals surface area contributed by atoms with Crippen molar-refractivity contribution >= 4 is 62.4 Å². The lowest BCUT2D eigenvalue weighted by molar-refractivity contribution is -0.145. The summed E-state index contributed by atoms with van der Waals surface area (Å²) < 4.78 is 45.7. The molecule has 15 nitrogen and oxygen atoms in total. The Balaban J connectivity index is 1.75. The first kappa shape index (κ1) is 44.9. The number of amides is 3. The van der Waals surface area contributed by atoms with Crippen molar-refractivity contribution in [3.05, 3.63) is 64.7 Å². The number of thioether (sulfide) groups is 1. The lowest BCUT2D eigenvalue weighted by atomic mass is 10.1. The van der Waals surface area contributed by atoms with Gasteiger partial charge in [0.1, 0.15) is 23.9 Å². The lowest BCUT2D eigenvalue weighted by Gasteiger charge is -2.22. The number of rotatable bonds is 12. The van der Waals surface area contributed by atoms with Crippen molar-refractivity contribution in [2.45, 2.75) is 96.1 Å². The molecule has 55 heavy (non-hydrogen) atoms. The van der Waals surface area contributed by atoms with Crippen molar-refractivity contribution in [2.75, 3.05) is 33.8 Å². The van der Waals surface area contributed by atoms with E-state index in [0.717, 1.165) is 16.0 Å². The molecular weight excluding hydrogens is 749 g/mol. The topological polar surface area (TPSA) is 194 Å². The van der Waals surface area contributed by atoms with Crippen LogP contribution in [-0.4, -0.2) is 99.6 Å². The molecule has 0 saturated carbocycles. The number of carbonyl (C=O) groups excluding carboxylic acids is 4. The summed E-state index contributed by atoms with van der Waals surface area (Å²) in [5.74, 6) is -1.43. The molecule has 0 saturated heterocycles. The number of hydrogen-bond acceptors (Lipinski definition) is 12. The van der Waals surface area contributed by atoms with Crippen molar-refractivity contribution in [1.29, 1.82) is 0 Å². The van der Waals surface area contributed by atoms with Crippen LogP contribution in [0.15, 0.2) is 52.4 Å². The van der Waals surface area contributed by atoms with Gasteiger partial charge in [-0.1, -0.05) is 35.9 Å². The SMILES string of the molecule is Cc1cc(C)c(S(=O)(=O)NC(CNC(=O)C2CC=C(c3cccc(N=C(NC(=O)OC(C)(C)C)NC(=O)OC(C)(C)C)c3)S2)C(=O)OCCN(C)C)c(C)c1. The summed E-state index contributed by atoms with van der Waals surface area (Å²) in [6.45, 7) is 15.6. The number of ether oxygens (including phenoxy) is 3. The van der Waals surface area contributed by atoms with Crippen LogP contribution in [0.1, 0.15) is 70.2 Å². The van der Waals surface area contributed by atoms with Crippen LogP contribution in [0.4, 0.5) is 15.3 Å². The molecule has 3 rings (SSSR count). The molecule has 2 atom stereocenters. The molecule has 3 amide bonds. The molecule has 0 radical (unpaired) electrons. The molecule has 1 aliphatic rings. The molecule has 0 bridgehead atoms. The Morgan fingerprint density at radius 2 is 1.51 bits per heavy atom. The first-order chi connectivity index (χ1) is 25.4. The summed E-state index contributed by atoms with van der Waals surface area (Å²) in [5.41, 5.74) is 1.43. The van der Waals surface area contributed by atoms with E-state index in [0.29, 0.717) is 29.8 Å². The predicted molar refractivity (Wildman–Crippen MR) is 214 cm³/mol. The number of sulfonamides is 1. The number of allylic oxidation sites excluding steroid dienone is 1. The minimum Gasteiger partial charge on any atom is -0.463 e. The average molecular weight is 803 g/mol. The number of nitrogens with zero attached hydrogens (tertiary/aromatic N) is 2. The second-order valence-electron chi connectivity index (χ2n) is 15.3. The van der Waals surface area contributed by atoms with Gasteiger partial charge in [0.05, 0.1) is 15.8 Å². The summed E-state index contributed by atoms with van der Waals surface area (Å²) in [4.78, 5) is 58.8. The molecule has 2 unspecified atom stereocenters. The molecule has 4 N–H and O–H groups in total. The van der Waals surface area contributed by atoms with Crippen LogP contribution < -0.4 is 20.7 Å². The van der Waals surface area contributed by atoms with E-state index in [2.05, 4.69) is 25.7 Å². The van der Waals surface area contributed by atoms with Gasteiger partial charge in [0.15, 0.2) is 0 Å². The van der Waals surface area contributed by atoms with E-state index in [1.54, 1.807) is 85.7 Å². The van der Waals surface area contributed by atoms with Gasteiger partial charge >= 0.3 is 18.2 Å². The van der Waals surface area contributed by atoms with Gasteiger partial charge in [-0.3, -0.25) is 20.2 Å². The van der Waals surface area contributed by atoms with Crippen molar-refractivity contribution in [3.63, 3.8) is 0 Å². The van der Waals surface area contributed by atoms with Crippen molar-refractivity contribution < 1.29 is 41.8 Å². The molecule has 1 heterocycles. The van der Waals surface area contributed by atoms with Crippen LogP contribution in [0.3, 0.4) is 0 Å². The monoisotopic (exact) mass is 802 g/mol. The number of likely N-dealkylation sites (N-methyl/N-ethyl adjacent to an activating group) is 1. The Labute approximate surface area is 328 Å². The minimum atomic E-state index is -4.18. The normalized spacial score (nSPS) is 15.1. The van der Waals surface area contributed by atoms with Crippen molar-refractivity contribution in [3.8, 4) is 0 Å². The number of guanidine groups is 1. The third kappa shape index (κ3) is 15.0. The Morgan fingerprint density at radius 3 is 2.05 bits per heavy atom. The second-order valence-corrected chi connectivity index (χ2v) is 18.2. The zero-order valence-electron chi connectivity index (χ0n) is 33.4. The fourth-order valence-electron chi connectivity index (χ4n) is 5.31. The third-order valence-corrected chi connectivity index (χ3v) is 10.5. The predicted octanol–water partition coefficient (Wildman–Crippen LogP) is 5.06. The van der Waals surface area contributed by atoms with Gasteiger partial charge in [0.25, 0.3) is 0 Å². The lowest BCUT2D eigenvalue weighted by Crippen LogP contribution is -2.50. The van der Waals surface area contributed by atoms with E-state index < -0.39 is 56.6 Å². The number of nitrogens with one attached hydrogen (secondary N) is 4. The maximum absolute atomic E-state index is 13.6. The van der Waals surface area contributed by atoms with Crippen LogP contribution in [0.25, 0.3) is 4.91 Å². The standard InChI is InChI=1S/C38H54N6O9S2/c1-23-19-24(2)31(25(3)20-23)55(49,50)43-28(33(46)51-18-17-44(10)11)22-39-32(45)30-16-15-29(54-30)26-13-12-14-27(21-26)40-34(41-35(47)52-37(4,5)6)42-36(48)53-38(7,8)9/h12-15,19-21,28,30,43H,16-18,22H2,1-11H3,(H,39,45)(H2,40,41,42,47,48). The zero-order valence-corrected chi connectivity index (χ0v) is 35.0. The first-order valence-electron chi connectivity index (χ1n) is 17.7. The van der Waals surface area contributed by atoms with Crippen molar-refractivity contribution in [1.82, 2.24) is 25.6 Å². The fourth-order valence-corrected chi connectivity index (χ4v) is 8.09. The molecule has 0 aromatic heterocycles. The minimum absolute atomic E-state index is 0.0328. The fraction of sp³-hybridized carbons (Fsp3) is 0.500. The maximum atomic E-state index is 13.6. The number of esters is 1. The second kappa shape index (κ2) is 18.9. The smallest absolute Gasteiger partial charge is 0.414 e. The Bertz CT molecular complexity index is 1860. The summed E-state index contributed by atoms with van der Waals surface area (Å²) in [6, 6.07) is 9.05. The molecule has 2 aromatic carbocycles. The van der Waals surface area contributed by atoms with E-state index >= 15 is 0 Å². The van der Waals surface area contributed by atoms with Gasteiger partial charge in [-0.05, 0) is 112 Å². The molecule has 302 valence electrons. The quantitative estimate of drug-likeness (QED) is 0.0970. The van der Waals surface area contributed by atoms with Gasteiger partial charge in [0.2, 0.25) is 21.9 Å². The van der Waals surface area contributed by atoms with E-state index in [-0.39, 0.29) is 24.0 Å². The third-order valence-electron chi connectivity index (χ3n) is 7.41. The summed E-state index contributed by atoms with van der Waals surface area (Å²) in [7, 11) is -0.552. The van der Waals surface area contributed by atoms with E-state index in [1.165, 1.54) is 11.8 Å². The highest BCUT2D eigenvalue weighted by molar-refractivity contribution is 8.09. The number of alkyl carbamates (subject to hydrolysis) is 2. The molecule has 2 aromatic rings. The summed E-state index contributed by atoms with van der Waals surface area (Å²) in [6.07, 6.45) is 0.572. The summed E-state index contributed by atoms with van der Waals surface area (Å²) >= 11 is 1.29. The molecular formula is C38H54N6O9S2. The van der Waals surface area contributed by atoms with Gasteiger partial charge in [0, 0.05) is 18.0 Å². The highest BCUT2D eigenvalue weighted by Gasteiger charge is 2.32. The molecule has 0 fully saturated rings. The molecule has 0 spiro atoms. The Hall–Kier alpha value is -4.45. The molecule has 1 aliphatic heterocycles. The van der Waals surface area contributed by atoms with Gasteiger partial charge < -0.3 is 24.4 Å². The van der Waals surface area contributed by atoms with Crippen LogP contribution >= 0.6 is 11.8 Å². The number of aliphatic imine (C=N–C) groups is 1. The largest absolute Gasteiger partial charge is 0.463 e. The number of aryl methyl sites for hydroxylation is 3. The molecule has 0 aliphatic carbocycles. The van der Waals surface area contributed by atoms with Gasteiger partial charge in [-0.25, -0.2) is 23.0 Å². The van der Waals surface area contributed by atoms with Crippen LogP contribution in [0.2, 0.25) is 0 Å². The average Bonchev–Trinajstić information content (AvgIpc) is 3.51. The number of benzene rings is 2. The van der Waals surface area contributed by atoms with Crippen LogP contribution in [0, 0.1) is 20.8 Å². The van der Waals surface area contributed by atoms with Gasteiger partial charge in [-0.15, -0.1) is 11.8 Å². The summed E-state index contributed by atoms with van der Waals surface area (Å²) in [5, 5.41) is 7.07. The number of hydrogen-bond donors (Lipinski definition) is 4. The van der Waals surface area contributed by atoms with Gasteiger partial charge in [-0.2, -0.15) is 4.72 Å². The van der Waals surface area contributed by atoms with Crippen LogP contribution in [-0.2, 0) is 33.8 Å². The van der Waals surface area contributed by atoms with E-state index in [1.807, 2.05) is 38.1 Å². The zero-order chi connectivity index (χ0) is 41.3.